The summed E-state index contributed by atoms with van der Waals surface area (Å²) in [6.07, 6.45) is 1.66. The van der Waals surface area contributed by atoms with Crippen molar-refractivity contribution in [3.63, 3.8) is 0 Å². The lowest BCUT2D eigenvalue weighted by Crippen LogP contribution is -2.18. The summed E-state index contributed by atoms with van der Waals surface area (Å²) in [7, 11) is 0. The van der Waals surface area contributed by atoms with Crippen molar-refractivity contribution in [2.75, 3.05) is 0 Å². The standard InChI is InChI=1S/C20H17NO3/c1-13(17-7-4-10-23-17)21-12-15-11-19(22)24-18-9-8-14-5-2-3-6-16(14)20(15)18/h2-11,13,21H,12H2,1H3/t13-/m0/s1. The maximum Gasteiger partial charge on any atom is 0.336 e. The van der Waals surface area contributed by atoms with Gasteiger partial charge in [0.25, 0.3) is 0 Å². The summed E-state index contributed by atoms with van der Waals surface area (Å²) >= 11 is 0. The molecule has 0 spiro atoms. The van der Waals surface area contributed by atoms with Gasteiger partial charge in [-0.1, -0.05) is 30.3 Å². The van der Waals surface area contributed by atoms with Crippen LogP contribution >= 0.6 is 0 Å². The molecule has 0 unspecified atom stereocenters. The molecular weight excluding hydrogens is 302 g/mol. The molecular formula is C20H17NO3. The van der Waals surface area contributed by atoms with Gasteiger partial charge < -0.3 is 14.2 Å². The fourth-order valence-electron chi connectivity index (χ4n) is 3.06. The molecule has 0 saturated heterocycles. The molecule has 0 fully saturated rings. The molecule has 0 aliphatic rings. The first-order valence-electron chi connectivity index (χ1n) is 7.93. The van der Waals surface area contributed by atoms with Crippen LogP contribution in [0.15, 0.2) is 74.5 Å². The minimum Gasteiger partial charge on any atom is -0.468 e. The van der Waals surface area contributed by atoms with Gasteiger partial charge in [-0.05, 0) is 41.5 Å². The topological polar surface area (TPSA) is 55.4 Å². The molecule has 4 heteroatoms. The van der Waals surface area contributed by atoms with Crippen molar-refractivity contribution in [1.29, 1.82) is 0 Å². The number of nitrogens with one attached hydrogen (secondary N) is 1. The Morgan fingerprint density at radius 2 is 1.96 bits per heavy atom. The van der Waals surface area contributed by atoms with Gasteiger partial charge in [-0.3, -0.25) is 0 Å². The Kier molecular flexibility index (Phi) is 3.67. The summed E-state index contributed by atoms with van der Waals surface area (Å²) in [5, 5.41) is 6.60. The Morgan fingerprint density at radius 1 is 1.08 bits per heavy atom. The third-order valence-corrected chi connectivity index (χ3v) is 4.28. The van der Waals surface area contributed by atoms with Crippen molar-refractivity contribution in [1.82, 2.24) is 5.32 Å². The minimum atomic E-state index is -0.333. The Morgan fingerprint density at radius 3 is 2.79 bits per heavy atom. The van der Waals surface area contributed by atoms with E-state index in [1.54, 1.807) is 12.3 Å². The molecule has 120 valence electrons. The fourth-order valence-corrected chi connectivity index (χ4v) is 3.06. The molecule has 0 saturated carbocycles. The second-order valence-electron chi connectivity index (χ2n) is 5.87. The number of fused-ring (bicyclic) bond motifs is 3. The summed E-state index contributed by atoms with van der Waals surface area (Å²) in [5.74, 6) is 0.868. The Labute approximate surface area is 138 Å². The maximum atomic E-state index is 11.9. The highest BCUT2D eigenvalue weighted by molar-refractivity contribution is 6.07. The van der Waals surface area contributed by atoms with Crippen molar-refractivity contribution < 1.29 is 8.83 Å². The van der Waals surface area contributed by atoms with Crippen LogP contribution in [0.1, 0.15) is 24.3 Å². The lowest BCUT2D eigenvalue weighted by molar-refractivity contribution is 0.430. The van der Waals surface area contributed by atoms with Gasteiger partial charge in [-0.15, -0.1) is 0 Å². The van der Waals surface area contributed by atoms with Crippen LogP contribution in [0.4, 0.5) is 0 Å². The van der Waals surface area contributed by atoms with E-state index in [1.165, 1.54) is 0 Å². The molecule has 0 aliphatic carbocycles. The van der Waals surface area contributed by atoms with Crippen molar-refractivity contribution in [2.45, 2.75) is 19.5 Å². The molecule has 4 aromatic rings. The SMILES string of the molecule is C[C@H](NCc1cc(=O)oc2ccc3ccccc3c12)c1ccco1. The Bertz CT molecular complexity index is 1050. The summed E-state index contributed by atoms with van der Waals surface area (Å²) in [4.78, 5) is 11.9. The quantitative estimate of drug-likeness (QED) is 0.448. The van der Waals surface area contributed by atoms with Gasteiger partial charge in [0.05, 0.1) is 12.3 Å². The lowest BCUT2D eigenvalue weighted by Gasteiger charge is -2.13. The predicted molar refractivity (Wildman–Crippen MR) is 94.0 cm³/mol. The fraction of sp³-hybridized carbons (Fsp3) is 0.150. The van der Waals surface area contributed by atoms with E-state index in [1.807, 2.05) is 43.3 Å². The van der Waals surface area contributed by atoms with Crippen molar-refractivity contribution >= 4 is 21.7 Å². The smallest absolute Gasteiger partial charge is 0.336 e. The highest BCUT2D eigenvalue weighted by atomic mass is 16.4. The van der Waals surface area contributed by atoms with E-state index in [9.17, 15) is 4.79 Å². The molecule has 0 radical (unpaired) electrons. The molecule has 1 atom stereocenters. The normalized spacial score (nSPS) is 12.7. The molecule has 0 amide bonds. The Balaban J connectivity index is 1.79. The van der Waals surface area contributed by atoms with Crippen LogP contribution in [0.2, 0.25) is 0 Å². The maximum absolute atomic E-state index is 11.9. The second kappa shape index (κ2) is 5.98. The predicted octanol–water partition coefficient (Wildman–Crippen LogP) is 4.39. The second-order valence-corrected chi connectivity index (χ2v) is 5.87. The molecule has 0 bridgehead atoms. The highest BCUT2D eigenvalue weighted by Crippen LogP contribution is 2.27. The molecule has 2 heterocycles. The zero-order valence-corrected chi connectivity index (χ0v) is 13.3. The largest absolute Gasteiger partial charge is 0.468 e. The number of benzene rings is 2. The van der Waals surface area contributed by atoms with Gasteiger partial charge in [0, 0.05) is 18.0 Å². The Hall–Kier alpha value is -2.85. The van der Waals surface area contributed by atoms with E-state index in [-0.39, 0.29) is 11.7 Å². The van der Waals surface area contributed by atoms with Crippen LogP contribution in [0.25, 0.3) is 21.7 Å². The van der Waals surface area contributed by atoms with E-state index in [4.69, 9.17) is 8.83 Å². The summed E-state index contributed by atoms with van der Waals surface area (Å²) in [6.45, 7) is 2.59. The number of hydrogen-bond donors (Lipinski definition) is 1. The van der Waals surface area contributed by atoms with Crippen LogP contribution in [-0.4, -0.2) is 0 Å². The van der Waals surface area contributed by atoms with E-state index >= 15 is 0 Å². The van der Waals surface area contributed by atoms with Gasteiger partial charge in [0.1, 0.15) is 11.3 Å². The van der Waals surface area contributed by atoms with Gasteiger partial charge in [0.15, 0.2) is 0 Å². The molecule has 2 aromatic carbocycles. The van der Waals surface area contributed by atoms with E-state index < -0.39 is 0 Å². The lowest BCUT2D eigenvalue weighted by atomic mass is 10.0. The molecule has 24 heavy (non-hydrogen) atoms. The van der Waals surface area contributed by atoms with Crippen LogP contribution in [0.5, 0.6) is 0 Å². The first-order chi connectivity index (χ1) is 11.7. The van der Waals surface area contributed by atoms with Crippen molar-refractivity contribution in [3.05, 3.63) is 82.6 Å². The molecule has 0 aliphatic heterocycles. The summed E-state index contributed by atoms with van der Waals surface area (Å²) in [5.41, 5.74) is 1.21. The highest BCUT2D eigenvalue weighted by Gasteiger charge is 2.12. The molecule has 4 nitrogen and oxygen atoms in total. The van der Waals surface area contributed by atoms with Crippen LogP contribution in [0, 0.1) is 0 Å². The molecule has 4 rings (SSSR count). The third kappa shape index (κ3) is 2.61. The molecule has 1 N–H and O–H groups in total. The zero-order valence-electron chi connectivity index (χ0n) is 13.3. The average Bonchev–Trinajstić information content (AvgIpc) is 3.13. The molecule has 2 aromatic heterocycles. The first kappa shape index (κ1) is 14.7. The third-order valence-electron chi connectivity index (χ3n) is 4.28. The number of hydrogen-bond acceptors (Lipinski definition) is 4. The van der Waals surface area contributed by atoms with Crippen molar-refractivity contribution in [3.8, 4) is 0 Å². The summed E-state index contributed by atoms with van der Waals surface area (Å²) in [6, 6.07) is 17.4. The van der Waals surface area contributed by atoms with Crippen LogP contribution in [0.3, 0.4) is 0 Å². The van der Waals surface area contributed by atoms with Gasteiger partial charge in [-0.2, -0.15) is 0 Å². The van der Waals surface area contributed by atoms with Crippen LogP contribution in [-0.2, 0) is 6.54 Å². The van der Waals surface area contributed by atoms with E-state index in [0.29, 0.717) is 12.1 Å². The number of furan rings is 1. The number of rotatable bonds is 4. The zero-order chi connectivity index (χ0) is 16.5. The van der Waals surface area contributed by atoms with Crippen molar-refractivity contribution in [2.24, 2.45) is 0 Å². The van der Waals surface area contributed by atoms with Gasteiger partial charge in [-0.25, -0.2) is 4.79 Å². The van der Waals surface area contributed by atoms with E-state index in [0.717, 1.165) is 27.5 Å². The van der Waals surface area contributed by atoms with Gasteiger partial charge in [0.2, 0.25) is 0 Å². The monoisotopic (exact) mass is 319 g/mol. The average molecular weight is 319 g/mol. The minimum absolute atomic E-state index is 0.0530. The first-order valence-corrected chi connectivity index (χ1v) is 7.93. The van der Waals surface area contributed by atoms with Gasteiger partial charge >= 0.3 is 5.63 Å². The van der Waals surface area contributed by atoms with Crippen LogP contribution < -0.4 is 10.9 Å². The summed E-state index contributed by atoms with van der Waals surface area (Å²) < 4.78 is 10.8. The van der Waals surface area contributed by atoms with E-state index in [2.05, 4.69) is 17.4 Å².